The monoisotopic (exact) mass is 267 g/mol. The third kappa shape index (κ3) is 4.71. The van der Waals surface area contributed by atoms with Crippen molar-refractivity contribution in [3.63, 3.8) is 0 Å². The number of hydrogen-bond donors (Lipinski definition) is 1. The molecule has 0 aromatic carbocycles. The quantitative estimate of drug-likeness (QED) is 0.720. The first-order valence-electron chi connectivity index (χ1n) is 7.13. The normalized spacial score (nSPS) is 16.2. The average Bonchev–Trinajstić information content (AvgIpc) is 2.71. The number of hydrogen-bond acceptors (Lipinski definition) is 3. The minimum Gasteiger partial charge on any atom is -0.376 e. The Hall–Kier alpha value is -0.380. The van der Waals surface area contributed by atoms with Crippen molar-refractivity contribution in [1.82, 2.24) is 5.32 Å². The molecule has 1 aliphatic carbocycles. The van der Waals surface area contributed by atoms with E-state index < -0.39 is 0 Å². The summed E-state index contributed by atoms with van der Waals surface area (Å²) >= 11 is 1.87. The molecular weight excluding hydrogens is 242 g/mol. The molecule has 3 heteroatoms. The van der Waals surface area contributed by atoms with Crippen LogP contribution in [0.3, 0.4) is 0 Å². The molecule has 0 aliphatic heterocycles. The van der Waals surface area contributed by atoms with Crippen LogP contribution < -0.4 is 5.32 Å². The minimum atomic E-state index is 0.550. The molecule has 0 atom stereocenters. The van der Waals surface area contributed by atoms with E-state index >= 15 is 0 Å². The van der Waals surface area contributed by atoms with Crippen LogP contribution in [0, 0.1) is 5.92 Å². The molecule has 2 nitrogen and oxygen atoms in total. The first-order valence-corrected chi connectivity index (χ1v) is 7.94. The molecule has 18 heavy (non-hydrogen) atoms. The highest BCUT2D eigenvalue weighted by atomic mass is 32.1. The molecule has 0 bridgehead atoms. The van der Waals surface area contributed by atoms with Gasteiger partial charge >= 0.3 is 0 Å². The van der Waals surface area contributed by atoms with Crippen LogP contribution >= 0.6 is 11.3 Å². The van der Waals surface area contributed by atoms with Crippen molar-refractivity contribution < 1.29 is 4.74 Å². The van der Waals surface area contributed by atoms with Crippen LogP contribution in [0.4, 0.5) is 0 Å². The van der Waals surface area contributed by atoms with Crippen LogP contribution in [0.25, 0.3) is 0 Å². The third-order valence-corrected chi connectivity index (χ3v) is 4.60. The van der Waals surface area contributed by atoms with Crippen molar-refractivity contribution in [1.29, 1.82) is 0 Å². The molecule has 1 N–H and O–H groups in total. The molecule has 1 fully saturated rings. The highest BCUT2D eigenvalue weighted by molar-refractivity contribution is 7.11. The zero-order valence-electron chi connectivity index (χ0n) is 11.6. The molecule has 0 spiro atoms. The van der Waals surface area contributed by atoms with Crippen LogP contribution in [0.1, 0.15) is 49.3 Å². The highest BCUT2D eigenvalue weighted by Gasteiger charge is 2.16. The second kappa shape index (κ2) is 7.27. The molecule has 1 aliphatic rings. The van der Waals surface area contributed by atoms with Gasteiger partial charge in [0.2, 0.25) is 0 Å². The molecule has 2 rings (SSSR count). The second-order valence-corrected chi connectivity index (χ2v) is 6.79. The predicted octanol–water partition coefficient (Wildman–Crippen LogP) is 3.95. The van der Waals surface area contributed by atoms with Gasteiger partial charge in [0.15, 0.2) is 0 Å². The van der Waals surface area contributed by atoms with E-state index in [1.54, 1.807) is 0 Å². The summed E-state index contributed by atoms with van der Waals surface area (Å²) in [5, 5.41) is 3.44. The summed E-state index contributed by atoms with van der Waals surface area (Å²) in [6.07, 6.45) is 5.54. The summed E-state index contributed by atoms with van der Waals surface area (Å²) in [5.41, 5.74) is 0. The van der Waals surface area contributed by atoms with Gasteiger partial charge in [0, 0.05) is 28.9 Å². The van der Waals surface area contributed by atoms with Crippen molar-refractivity contribution in [2.45, 2.75) is 58.7 Å². The van der Waals surface area contributed by atoms with Gasteiger partial charge in [-0.25, -0.2) is 0 Å². The van der Waals surface area contributed by atoms with Crippen LogP contribution in [0.5, 0.6) is 0 Å². The summed E-state index contributed by atoms with van der Waals surface area (Å²) in [6.45, 7) is 7.06. The van der Waals surface area contributed by atoms with Crippen molar-refractivity contribution in [2.24, 2.45) is 5.92 Å². The van der Waals surface area contributed by atoms with Gasteiger partial charge in [-0.15, -0.1) is 11.3 Å². The lowest BCUT2D eigenvalue weighted by Gasteiger charge is -2.24. The highest BCUT2D eigenvalue weighted by Crippen LogP contribution is 2.29. The fourth-order valence-electron chi connectivity index (χ4n) is 2.10. The summed E-state index contributed by atoms with van der Waals surface area (Å²) < 4.78 is 5.76. The second-order valence-electron chi connectivity index (χ2n) is 5.54. The topological polar surface area (TPSA) is 21.3 Å². The first kappa shape index (κ1) is 14.0. The van der Waals surface area contributed by atoms with E-state index in [4.69, 9.17) is 4.74 Å². The number of ether oxygens (including phenoxy) is 1. The molecule has 1 saturated carbocycles. The maximum Gasteiger partial charge on any atom is 0.0809 e. The summed E-state index contributed by atoms with van der Waals surface area (Å²) in [6, 6.07) is 4.96. The Morgan fingerprint density at radius 1 is 1.33 bits per heavy atom. The molecule has 0 amide bonds. The van der Waals surface area contributed by atoms with Crippen LogP contribution in [-0.2, 0) is 17.9 Å². The molecule has 102 valence electrons. The fourth-order valence-corrected chi connectivity index (χ4v) is 3.01. The molecule has 1 aromatic heterocycles. The Kier molecular flexibility index (Phi) is 5.67. The Morgan fingerprint density at radius 2 is 2.11 bits per heavy atom. The lowest BCUT2D eigenvalue weighted by atomic mass is 9.83. The smallest absolute Gasteiger partial charge is 0.0809 e. The van der Waals surface area contributed by atoms with E-state index in [1.807, 2.05) is 11.3 Å². The van der Waals surface area contributed by atoms with Gasteiger partial charge in [-0.2, -0.15) is 0 Å². The molecular formula is C15H25NOS. The van der Waals surface area contributed by atoms with E-state index in [-0.39, 0.29) is 0 Å². The van der Waals surface area contributed by atoms with Gasteiger partial charge in [0.05, 0.1) is 6.61 Å². The van der Waals surface area contributed by atoms with Gasteiger partial charge in [0.25, 0.3) is 0 Å². The van der Waals surface area contributed by atoms with Crippen molar-refractivity contribution in [3.8, 4) is 0 Å². The van der Waals surface area contributed by atoms with E-state index in [2.05, 4.69) is 31.3 Å². The molecule has 0 unspecified atom stereocenters. The number of thiophene rings is 1. The van der Waals surface area contributed by atoms with Crippen molar-refractivity contribution in [3.05, 3.63) is 21.9 Å². The van der Waals surface area contributed by atoms with Crippen LogP contribution in [0.2, 0.25) is 0 Å². The van der Waals surface area contributed by atoms with E-state index in [0.29, 0.717) is 6.04 Å². The van der Waals surface area contributed by atoms with Gasteiger partial charge < -0.3 is 10.1 Å². The van der Waals surface area contributed by atoms with Gasteiger partial charge in [-0.1, -0.05) is 33.1 Å². The lowest BCUT2D eigenvalue weighted by Crippen LogP contribution is -2.21. The minimum absolute atomic E-state index is 0.550. The molecule has 0 radical (unpaired) electrons. The predicted molar refractivity (Wildman–Crippen MR) is 77.9 cm³/mol. The van der Waals surface area contributed by atoms with Gasteiger partial charge in [0.1, 0.15) is 0 Å². The zero-order chi connectivity index (χ0) is 12.8. The Bertz CT molecular complexity index is 344. The van der Waals surface area contributed by atoms with Crippen LogP contribution in [-0.4, -0.2) is 12.6 Å². The Morgan fingerprint density at radius 3 is 2.78 bits per heavy atom. The van der Waals surface area contributed by atoms with Crippen molar-refractivity contribution in [2.75, 3.05) is 6.61 Å². The molecule has 1 heterocycles. The maximum atomic E-state index is 5.76. The van der Waals surface area contributed by atoms with E-state index in [1.165, 1.54) is 35.4 Å². The average molecular weight is 267 g/mol. The zero-order valence-corrected chi connectivity index (χ0v) is 12.4. The molecule has 0 saturated heterocycles. The largest absolute Gasteiger partial charge is 0.376 e. The summed E-state index contributed by atoms with van der Waals surface area (Å²) in [5.74, 6) is 0.958. The van der Waals surface area contributed by atoms with Crippen molar-refractivity contribution >= 4 is 11.3 Å². The standard InChI is InChI=1S/C15H25NOS/c1-12(2)16-10-14-6-7-15(18-14)11-17-9-8-13-4-3-5-13/h6-7,12-13,16H,3-5,8-11H2,1-2H3. The third-order valence-electron chi connectivity index (χ3n) is 3.54. The first-order chi connectivity index (χ1) is 8.74. The van der Waals surface area contributed by atoms with Gasteiger partial charge in [-0.3, -0.25) is 0 Å². The summed E-state index contributed by atoms with van der Waals surface area (Å²) in [4.78, 5) is 2.76. The SMILES string of the molecule is CC(C)NCc1ccc(COCCC2CCC2)s1. The maximum absolute atomic E-state index is 5.76. The Balaban J connectivity index is 1.60. The summed E-state index contributed by atoms with van der Waals surface area (Å²) in [7, 11) is 0. The fraction of sp³-hybridized carbons (Fsp3) is 0.733. The van der Waals surface area contributed by atoms with E-state index in [9.17, 15) is 0 Å². The Labute approximate surface area is 115 Å². The van der Waals surface area contributed by atoms with Gasteiger partial charge in [-0.05, 0) is 24.5 Å². The number of rotatable bonds is 8. The lowest BCUT2D eigenvalue weighted by molar-refractivity contribution is 0.0966. The van der Waals surface area contributed by atoms with E-state index in [0.717, 1.165) is 25.7 Å². The van der Waals surface area contributed by atoms with Crippen LogP contribution in [0.15, 0.2) is 12.1 Å². The number of nitrogens with one attached hydrogen (secondary N) is 1. The molecule has 1 aromatic rings.